The highest BCUT2D eigenvalue weighted by atomic mass is 32.2. The quantitative estimate of drug-likeness (QED) is 0.552. The molecular weight excluding hydrogens is 384 g/mol. The molecule has 0 unspecified atom stereocenters. The molecule has 0 aliphatic carbocycles. The second-order valence-corrected chi connectivity index (χ2v) is 9.00. The van der Waals surface area contributed by atoms with Gasteiger partial charge in [0, 0.05) is 43.7 Å². The lowest BCUT2D eigenvalue weighted by Gasteiger charge is -2.35. The van der Waals surface area contributed by atoms with Gasteiger partial charge in [0.15, 0.2) is 15.6 Å². The number of Topliss-reactive ketones (excluding diaryl/α,β-unsaturated/α-hetero) is 1. The van der Waals surface area contributed by atoms with Gasteiger partial charge in [0.25, 0.3) is 0 Å². The number of hydrogen-bond donors (Lipinski definition) is 0. The van der Waals surface area contributed by atoms with Crippen LogP contribution in [-0.4, -0.2) is 58.1 Å². The lowest BCUT2D eigenvalue weighted by Crippen LogP contribution is -2.48. The van der Waals surface area contributed by atoms with Crippen molar-refractivity contribution in [2.45, 2.75) is 18.7 Å². The molecule has 2 aromatic rings. The number of para-hydroxylation sites is 1. The van der Waals surface area contributed by atoms with E-state index in [1.807, 2.05) is 44.2 Å². The third kappa shape index (κ3) is 7.15. The molecule has 0 aromatic heterocycles. The highest BCUT2D eigenvalue weighted by Gasteiger charge is 2.20. The maximum atomic E-state index is 12.4. The molecule has 0 saturated carbocycles. The molecular formula is C23H30N2O3S. The number of nitrogens with zero attached hydrogens (tertiary/aromatic N) is 2. The topological polar surface area (TPSA) is 57.7 Å². The fourth-order valence-corrected chi connectivity index (χ4v) is 3.62. The number of hydrogen-bond acceptors (Lipinski definition) is 5. The molecule has 0 radical (unpaired) electrons. The number of sulfone groups is 1. The molecule has 2 aromatic carbocycles. The van der Waals surface area contributed by atoms with Gasteiger partial charge in [-0.1, -0.05) is 42.5 Å². The number of benzene rings is 2. The van der Waals surface area contributed by atoms with Gasteiger partial charge in [0.1, 0.15) is 0 Å². The third-order valence-corrected chi connectivity index (χ3v) is 5.93. The van der Waals surface area contributed by atoms with Crippen molar-refractivity contribution in [1.82, 2.24) is 4.90 Å². The molecule has 0 spiro atoms. The lowest BCUT2D eigenvalue weighted by molar-refractivity contribution is 0.0926. The van der Waals surface area contributed by atoms with Crippen LogP contribution in [0, 0.1) is 0 Å². The number of rotatable bonds is 5. The number of carbonyl (C=O) groups excluding carboxylic acids is 1. The molecule has 3 rings (SSSR count). The fraction of sp³-hybridized carbons (Fsp3) is 0.348. The van der Waals surface area contributed by atoms with E-state index in [9.17, 15) is 13.2 Å². The lowest BCUT2D eigenvalue weighted by atomic mass is 10.1. The Bertz CT molecular complexity index is 895. The average molecular weight is 415 g/mol. The SMILES string of the molecule is C/C=C\C.CS(=O)(=O)c1ccc(C(=O)CN2CCN(c3ccccc3)CC2)cc1. The molecule has 1 heterocycles. The minimum Gasteiger partial charge on any atom is -0.369 e. The molecule has 29 heavy (non-hydrogen) atoms. The largest absolute Gasteiger partial charge is 0.369 e. The van der Waals surface area contributed by atoms with Crippen LogP contribution in [0.5, 0.6) is 0 Å². The Morgan fingerprint density at radius 2 is 1.45 bits per heavy atom. The van der Waals surface area contributed by atoms with Gasteiger partial charge in [-0.25, -0.2) is 8.42 Å². The zero-order valence-corrected chi connectivity index (χ0v) is 18.2. The summed E-state index contributed by atoms with van der Waals surface area (Å²) < 4.78 is 23.0. The van der Waals surface area contributed by atoms with E-state index in [2.05, 4.69) is 21.9 Å². The van der Waals surface area contributed by atoms with Crippen LogP contribution in [0.1, 0.15) is 24.2 Å². The predicted molar refractivity (Wildman–Crippen MR) is 119 cm³/mol. The summed E-state index contributed by atoms with van der Waals surface area (Å²) in [5.74, 6) is 0.0215. The van der Waals surface area contributed by atoms with Gasteiger partial charge in [0.05, 0.1) is 11.4 Å². The first kappa shape index (κ1) is 22.8. The van der Waals surface area contributed by atoms with Crippen LogP contribution in [-0.2, 0) is 9.84 Å². The minimum atomic E-state index is -3.23. The van der Waals surface area contributed by atoms with E-state index in [4.69, 9.17) is 0 Å². The zero-order chi connectivity index (χ0) is 21.3. The molecule has 0 N–H and O–H groups in total. The molecule has 0 atom stereocenters. The number of piperazine rings is 1. The van der Waals surface area contributed by atoms with Crippen LogP contribution in [0.15, 0.2) is 71.6 Å². The highest BCUT2D eigenvalue weighted by Crippen LogP contribution is 2.16. The van der Waals surface area contributed by atoms with E-state index < -0.39 is 9.84 Å². The Labute approximate surface area is 174 Å². The van der Waals surface area contributed by atoms with E-state index in [0.29, 0.717) is 12.1 Å². The van der Waals surface area contributed by atoms with Crippen molar-refractivity contribution in [3.63, 3.8) is 0 Å². The molecule has 1 fully saturated rings. The normalized spacial score (nSPS) is 15.1. The van der Waals surface area contributed by atoms with Crippen LogP contribution in [0.25, 0.3) is 0 Å². The fourth-order valence-electron chi connectivity index (χ4n) is 2.99. The van der Waals surface area contributed by atoms with Gasteiger partial charge >= 0.3 is 0 Å². The Hall–Kier alpha value is -2.44. The summed E-state index contributed by atoms with van der Waals surface area (Å²) in [4.78, 5) is 17.1. The Morgan fingerprint density at radius 1 is 0.897 bits per heavy atom. The maximum Gasteiger partial charge on any atom is 0.176 e. The summed E-state index contributed by atoms with van der Waals surface area (Å²) in [5.41, 5.74) is 1.77. The van der Waals surface area contributed by atoms with Crippen molar-refractivity contribution in [2.75, 3.05) is 43.9 Å². The van der Waals surface area contributed by atoms with Gasteiger partial charge < -0.3 is 4.90 Å². The summed E-state index contributed by atoms with van der Waals surface area (Å²) >= 11 is 0. The minimum absolute atomic E-state index is 0.0215. The number of carbonyl (C=O) groups is 1. The van der Waals surface area contributed by atoms with Crippen LogP contribution in [0.2, 0.25) is 0 Å². The first-order chi connectivity index (χ1) is 13.8. The summed E-state index contributed by atoms with van der Waals surface area (Å²) in [6.07, 6.45) is 5.16. The first-order valence-electron chi connectivity index (χ1n) is 9.78. The van der Waals surface area contributed by atoms with Gasteiger partial charge in [0.2, 0.25) is 0 Å². The first-order valence-corrected chi connectivity index (χ1v) is 11.7. The maximum absolute atomic E-state index is 12.4. The summed E-state index contributed by atoms with van der Waals surface area (Å²) in [6.45, 7) is 7.82. The van der Waals surface area contributed by atoms with Crippen molar-refractivity contribution in [3.05, 3.63) is 72.3 Å². The molecule has 1 saturated heterocycles. The smallest absolute Gasteiger partial charge is 0.176 e. The average Bonchev–Trinajstić information content (AvgIpc) is 2.74. The number of allylic oxidation sites excluding steroid dienone is 2. The van der Waals surface area contributed by atoms with Crippen LogP contribution < -0.4 is 4.90 Å². The van der Waals surface area contributed by atoms with Gasteiger partial charge in [-0.05, 0) is 38.1 Å². The summed E-state index contributed by atoms with van der Waals surface area (Å²) in [6, 6.07) is 16.5. The van der Waals surface area contributed by atoms with E-state index in [-0.39, 0.29) is 10.7 Å². The molecule has 1 aliphatic rings. The Morgan fingerprint density at radius 3 is 1.93 bits per heavy atom. The number of ketones is 1. The zero-order valence-electron chi connectivity index (χ0n) is 17.4. The molecule has 5 nitrogen and oxygen atoms in total. The van der Waals surface area contributed by atoms with E-state index in [1.165, 1.54) is 17.8 Å². The molecule has 0 bridgehead atoms. The van der Waals surface area contributed by atoms with Crippen LogP contribution >= 0.6 is 0 Å². The van der Waals surface area contributed by atoms with Crippen molar-refractivity contribution < 1.29 is 13.2 Å². The summed E-state index contributed by atoms with van der Waals surface area (Å²) in [7, 11) is -3.23. The predicted octanol–water partition coefficient (Wildman–Crippen LogP) is 3.68. The highest BCUT2D eigenvalue weighted by molar-refractivity contribution is 7.90. The summed E-state index contributed by atoms with van der Waals surface area (Å²) in [5, 5.41) is 0. The Balaban J connectivity index is 0.000000687. The van der Waals surface area contributed by atoms with Crippen molar-refractivity contribution in [3.8, 4) is 0 Å². The van der Waals surface area contributed by atoms with E-state index >= 15 is 0 Å². The second-order valence-electron chi connectivity index (χ2n) is 6.99. The molecule has 1 aliphatic heterocycles. The van der Waals surface area contributed by atoms with E-state index in [1.54, 1.807) is 12.1 Å². The monoisotopic (exact) mass is 414 g/mol. The third-order valence-electron chi connectivity index (χ3n) is 4.80. The van der Waals surface area contributed by atoms with Crippen molar-refractivity contribution in [1.29, 1.82) is 0 Å². The van der Waals surface area contributed by atoms with Gasteiger partial charge in [-0.2, -0.15) is 0 Å². The molecule has 156 valence electrons. The van der Waals surface area contributed by atoms with Crippen LogP contribution in [0.4, 0.5) is 5.69 Å². The molecule has 6 heteroatoms. The van der Waals surface area contributed by atoms with Gasteiger partial charge in [-0.15, -0.1) is 0 Å². The van der Waals surface area contributed by atoms with Crippen LogP contribution in [0.3, 0.4) is 0 Å². The van der Waals surface area contributed by atoms with Crippen molar-refractivity contribution >= 4 is 21.3 Å². The second kappa shape index (κ2) is 10.9. The molecule has 0 amide bonds. The number of anilines is 1. The standard InChI is InChI=1S/C19H22N2O3S.C4H8/c1-25(23,24)18-9-7-16(8-10-18)19(22)15-20-11-13-21(14-12-20)17-5-3-2-4-6-17;1-3-4-2/h2-10H,11-15H2,1H3;3-4H,1-2H3/b;4-3-. The van der Waals surface area contributed by atoms with Crippen molar-refractivity contribution in [2.24, 2.45) is 0 Å². The van der Waals surface area contributed by atoms with Gasteiger partial charge in [-0.3, -0.25) is 9.69 Å². The van der Waals surface area contributed by atoms with E-state index in [0.717, 1.165) is 32.4 Å². The Kier molecular flexibility index (Phi) is 8.61.